The van der Waals surface area contributed by atoms with E-state index in [1.54, 1.807) is 0 Å². The number of fused-ring (bicyclic) bond motifs is 2. The van der Waals surface area contributed by atoms with Crippen LogP contribution in [0.25, 0.3) is 0 Å². The molecule has 1 spiro atoms. The summed E-state index contributed by atoms with van der Waals surface area (Å²) < 4.78 is -0.788. The van der Waals surface area contributed by atoms with Crippen LogP contribution in [0.1, 0.15) is 24.0 Å². The Hall–Kier alpha value is -1.26. The fraction of sp³-hybridized carbons (Fsp3) is 0.467. The fourth-order valence-electron chi connectivity index (χ4n) is 3.44. The van der Waals surface area contributed by atoms with Crippen LogP contribution in [0.15, 0.2) is 24.3 Å². The van der Waals surface area contributed by atoms with Gasteiger partial charge in [-0.15, -0.1) is 23.2 Å². The first-order valence-corrected chi connectivity index (χ1v) is 7.80. The first kappa shape index (κ1) is 13.4. The fourth-order valence-corrected chi connectivity index (χ4v) is 3.95. The van der Waals surface area contributed by atoms with Gasteiger partial charge >= 0.3 is 6.03 Å². The molecule has 6 heteroatoms. The second-order valence-corrected chi connectivity index (χ2v) is 7.61. The van der Waals surface area contributed by atoms with Gasteiger partial charge in [-0.25, -0.2) is 4.79 Å². The van der Waals surface area contributed by atoms with Crippen molar-refractivity contribution in [1.82, 2.24) is 10.2 Å². The Morgan fingerprint density at radius 1 is 1.29 bits per heavy atom. The molecule has 1 aromatic rings. The number of imide groups is 1. The van der Waals surface area contributed by atoms with E-state index in [0.29, 0.717) is 19.4 Å². The van der Waals surface area contributed by atoms with Gasteiger partial charge in [-0.1, -0.05) is 24.3 Å². The normalized spacial score (nSPS) is 32.5. The van der Waals surface area contributed by atoms with Crippen LogP contribution in [0, 0.1) is 5.92 Å². The van der Waals surface area contributed by atoms with Gasteiger partial charge < -0.3 is 5.32 Å². The van der Waals surface area contributed by atoms with E-state index < -0.39 is 9.87 Å². The Morgan fingerprint density at radius 2 is 2.00 bits per heavy atom. The number of hydrogen-bond donors (Lipinski definition) is 1. The van der Waals surface area contributed by atoms with Gasteiger partial charge in [0.25, 0.3) is 5.91 Å². The van der Waals surface area contributed by atoms with Crippen molar-refractivity contribution in [2.24, 2.45) is 5.92 Å². The highest BCUT2D eigenvalue weighted by atomic mass is 35.5. The standard InChI is InChI=1S/C15H14Cl2N2O2/c16-15(17)7-10(15)8-19-12(20)14(18-13(19)21)6-5-9-3-1-2-4-11(9)14/h1-4,10H,5-8H2,(H,18,21)/t10-,14-/m1/s1. The summed E-state index contributed by atoms with van der Waals surface area (Å²) in [7, 11) is 0. The Morgan fingerprint density at radius 3 is 2.71 bits per heavy atom. The van der Waals surface area contributed by atoms with Gasteiger partial charge in [-0.3, -0.25) is 9.69 Å². The molecule has 1 aromatic carbocycles. The molecule has 21 heavy (non-hydrogen) atoms. The van der Waals surface area contributed by atoms with Gasteiger partial charge in [0.2, 0.25) is 0 Å². The number of hydrogen-bond acceptors (Lipinski definition) is 2. The van der Waals surface area contributed by atoms with Crippen molar-refractivity contribution in [3.63, 3.8) is 0 Å². The number of carbonyl (C=O) groups excluding carboxylic acids is 2. The number of alkyl halides is 2. The molecule has 3 amide bonds. The molecular weight excluding hydrogens is 311 g/mol. The molecule has 0 unspecified atom stereocenters. The number of amides is 3. The van der Waals surface area contributed by atoms with Gasteiger partial charge in [0.15, 0.2) is 0 Å². The minimum absolute atomic E-state index is 0.0256. The number of benzene rings is 1. The van der Waals surface area contributed by atoms with Gasteiger partial charge in [0.05, 0.1) is 0 Å². The first-order chi connectivity index (χ1) is 9.94. The quantitative estimate of drug-likeness (QED) is 0.671. The van der Waals surface area contributed by atoms with Crippen molar-refractivity contribution in [3.8, 4) is 0 Å². The monoisotopic (exact) mass is 324 g/mol. The molecule has 0 radical (unpaired) electrons. The number of urea groups is 1. The Balaban J connectivity index is 1.65. The molecular formula is C15H14Cl2N2O2. The van der Waals surface area contributed by atoms with E-state index >= 15 is 0 Å². The third-order valence-electron chi connectivity index (χ3n) is 4.78. The van der Waals surface area contributed by atoms with Gasteiger partial charge in [0.1, 0.15) is 9.87 Å². The zero-order chi connectivity index (χ0) is 14.8. The van der Waals surface area contributed by atoms with Crippen molar-refractivity contribution in [1.29, 1.82) is 0 Å². The van der Waals surface area contributed by atoms with Crippen LogP contribution in [-0.2, 0) is 16.8 Å². The Labute approximate surface area is 132 Å². The molecule has 4 nitrogen and oxygen atoms in total. The summed E-state index contributed by atoms with van der Waals surface area (Å²) in [5.41, 5.74) is 1.16. The van der Waals surface area contributed by atoms with E-state index in [2.05, 4.69) is 5.32 Å². The van der Waals surface area contributed by atoms with Crippen LogP contribution in [0.3, 0.4) is 0 Å². The van der Waals surface area contributed by atoms with Crippen molar-refractivity contribution in [3.05, 3.63) is 35.4 Å². The van der Waals surface area contributed by atoms with Crippen LogP contribution in [0.4, 0.5) is 4.79 Å². The van der Waals surface area contributed by atoms with Crippen LogP contribution < -0.4 is 5.32 Å². The molecule has 1 aliphatic heterocycles. The number of nitrogens with one attached hydrogen (secondary N) is 1. The largest absolute Gasteiger partial charge is 0.325 e. The zero-order valence-electron chi connectivity index (χ0n) is 11.2. The number of nitrogens with zero attached hydrogens (tertiary/aromatic N) is 1. The van der Waals surface area contributed by atoms with E-state index in [4.69, 9.17) is 23.2 Å². The first-order valence-electron chi connectivity index (χ1n) is 7.04. The molecule has 110 valence electrons. The predicted octanol–water partition coefficient (Wildman–Crippen LogP) is 2.57. The topological polar surface area (TPSA) is 49.4 Å². The number of rotatable bonds is 2. The van der Waals surface area contributed by atoms with Crippen molar-refractivity contribution in [2.75, 3.05) is 6.54 Å². The summed E-state index contributed by atoms with van der Waals surface area (Å²) in [6.07, 6.45) is 2.04. The highest BCUT2D eigenvalue weighted by molar-refractivity contribution is 6.50. The molecule has 1 saturated carbocycles. The maximum atomic E-state index is 12.8. The lowest BCUT2D eigenvalue weighted by Gasteiger charge is -2.22. The van der Waals surface area contributed by atoms with E-state index in [9.17, 15) is 9.59 Å². The van der Waals surface area contributed by atoms with E-state index in [1.807, 2.05) is 24.3 Å². The second-order valence-electron chi connectivity index (χ2n) is 6.07. The summed E-state index contributed by atoms with van der Waals surface area (Å²) in [4.78, 5) is 26.3. The van der Waals surface area contributed by atoms with Crippen LogP contribution in [-0.4, -0.2) is 27.7 Å². The smallest absolute Gasteiger partial charge is 0.319 e. The highest BCUT2D eigenvalue weighted by Gasteiger charge is 2.59. The molecule has 1 N–H and O–H groups in total. The van der Waals surface area contributed by atoms with E-state index in [-0.39, 0.29) is 17.9 Å². The molecule has 4 rings (SSSR count). The molecule has 2 fully saturated rings. The minimum Gasteiger partial charge on any atom is -0.319 e. The average Bonchev–Trinajstić information content (AvgIpc) is 2.79. The summed E-state index contributed by atoms with van der Waals surface area (Å²) >= 11 is 12.0. The zero-order valence-corrected chi connectivity index (χ0v) is 12.7. The molecule has 3 aliphatic rings. The van der Waals surface area contributed by atoms with Gasteiger partial charge in [-0.05, 0) is 30.4 Å². The highest BCUT2D eigenvalue weighted by Crippen LogP contribution is 2.54. The second kappa shape index (κ2) is 4.14. The Bertz CT molecular complexity index is 661. The third-order valence-corrected chi connectivity index (χ3v) is 5.71. The van der Waals surface area contributed by atoms with Crippen molar-refractivity contribution in [2.45, 2.75) is 29.1 Å². The van der Waals surface area contributed by atoms with Crippen LogP contribution >= 0.6 is 23.2 Å². The van der Waals surface area contributed by atoms with E-state index in [1.165, 1.54) is 4.90 Å². The van der Waals surface area contributed by atoms with E-state index in [0.717, 1.165) is 17.5 Å². The molecule has 1 heterocycles. The molecule has 2 atom stereocenters. The van der Waals surface area contributed by atoms with Crippen molar-refractivity contribution >= 4 is 35.1 Å². The van der Waals surface area contributed by atoms with Crippen LogP contribution in [0.2, 0.25) is 0 Å². The summed E-state index contributed by atoms with van der Waals surface area (Å²) in [6.45, 7) is 0.293. The Kier molecular flexibility index (Phi) is 2.64. The van der Waals surface area contributed by atoms with Crippen molar-refractivity contribution < 1.29 is 9.59 Å². The third kappa shape index (κ3) is 1.82. The summed E-state index contributed by atoms with van der Waals surface area (Å²) in [6, 6.07) is 7.45. The molecule has 1 saturated heterocycles. The lowest BCUT2D eigenvalue weighted by Crippen LogP contribution is -2.42. The molecule has 0 aromatic heterocycles. The number of halogens is 2. The lowest BCUT2D eigenvalue weighted by atomic mass is 9.92. The predicted molar refractivity (Wildman–Crippen MR) is 79.2 cm³/mol. The lowest BCUT2D eigenvalue weighted by molar-refractivity contribution is -0.131. The number of aryl methyl sites for hydroxylation is 1. The molecule has 0 bridgehead atoms. The summed E-state index contributed by atoms with van der Waals surface area (Å²) in [5, 5.41) is 2.90. The average molecular weight is 325 g/mol. The van der Waals surface area contributed by atoms with Gasteiger partial charge in [-0.2, -0.15) is 0 Å². The summed E-state index contributed by atoms with van der Waals surface area (Å²) in [5.74, 6) is -0.198. The molecule has 2 aliphatic carbocycles. The number of carbonyl (C=O) groups is 2. The van der Waals surface area contributed by atoms with Gasteiger partial charge in [0, 0.05) is 12.5 Å². The SMILES string of the molecule is O=C1N[C@@]2(CCc3ccccc32)C(=O)N1C[C@H]1CC1(Cl)Cl. The maximum Gasteiger partial charge on any atom is 0.325 e. The van der Waals surface area contributed by atoms with Crippen LogP contribution in [0.5, 0.6) is 0 Å². The maximum absolute atomic E-state index is 12.8. The minimum atomic E-state index is -0.885.